The molecule has 2 atom stereocenters. The predicted molar refractivity (Wildman–Crippen MR) is 77.9 cm³/mol. The zero-order valence-corrected chi connectivity index (χ0v) is 12.0. The van der Waals surface area contributed by atoms with Gasteiger partial charge in [0.05, 0.1) is 0 Å². The number of piperidine rings is 1. The lowest BCUT2D eigenvalue weighted by molar-refractivity contribution is 0.538. The van der Waals surface area contributed by atoms with E-state index >= 15 is 0 Å². The molecule has 0 aromatic carbocycles. The molecule has 4 heterocycles. The molecule has 0 saturated carbocycles. The first-order valence-corrected chi connectivity index (χ1v) is 7.27. The molecule has 2 aromatic rings. The summed E-state index contributed by atoms with van der Waals surface area (Å²) in [6, 6.07) is 1.13. The van der Waals surface area contributed by atoms with Crippen molar-refractivity contribution in [2.45, 2.75) is 51.6 Å². The number of nitrogens with zero attached hydrogens (tertiary/aromatic N) is 5. The Bertz CT molecular complexity index is 686. The van der Waals surface area contributed by atoms with Gasteiger partial charge >= 0.3 is 0 Å². The first-order valence-electron chi connectivity index (χ1n) is 7.27. The topological polar surface area (TPSA) is 46.3 Å². The van der Waals surface area contributed by atoms with Crippen molar-refractivity contribution in [3.05, 3.63) is 29.7 Å². The highest BCUT2D eigenvalue weighted by atomic mass is 15.4. The minimum absolute atomic E-state index is 0.564. The van der Waals surface area contributed by atoms with Gasteiger partial charge in [-0.1, -0.05) is 12.2 Å². The summed E-state index contributed by atoms with van der Waals surface area (Å²) in [7, 11) is 0. The third-order valence-electron chi connectivity index (χ3n) is 4.79. The van der Waals surface area contributed by atoms with E-state index in [-0.39, 0.29) is 0 Å². The maximum absolute atomic E-state index is 4.52. The standard InChI is InChI=1S/C15H19N5/c1-9-6-12-4-5-13(7-9)19(12)14-10(2)11(3)18-15-16-8-17-20(14)15/h8,12-13H,1,4-7H2,2-3H3. The Morgan fingerprint density at radius 3 is 2.60 bits per heavy atom. The third-order valence-corrected chi connectivity index (χ3v) is 4.79. The zero-order chi connectivity index (χ0) is 13.9. The van der Waals surface area contributed by atoms with Gasteiger partial charge in [0.25, 0.3) is 5.78 Å². The van der Waals surface area contributed by atoms with Crippen LogP contribution in [0.1, 0.15) is 36.9 Å². The minimum Gasteiger partial charge on any atom is -0.350 e. The summed E-state index contributed by atoms with van der Waals surface area (Å²) in [6.07, 6.45) is 6.30. The fraction of sp³-hybridized carbons (Fsp3) is 0.533. The van der Waals surface area contributed by atoms with Gasteiger partial charge in [-0.25, -0.2) is 4.98 Å². The summed E-state index contributed by atoms with van der Waals surface area (Å²) in [4.78, 5) is 11.3. The van der Waals surface area contributed by atoms with E-state index in [9.17, 15) is 0 Å². The molecule has 2 fully saturated rings. The van der Waals surface area contributed by atoms with Crippen LogP contribution in [0, 0.1) is 13.8 Å². The highest BCUT2D eigenvalue weighted by Gasteiger charge is 2.40. The van der Waals surface area contributed by atoms with Crippen molar-refractivity contribution in [1.82, 2.24) is 19.6 Å². The van der Waals surface area contributed by atoms with Gasteiger partial charge in [0.15, 0.2) is 0 Å². The number of aryl methyl sites for hydroxylation is 1. The molecule has 0 radical (unpaired) electrons. The van der Waals surface area contributed by atoms with Gasteiger partial charge < -0.3 is 4.90 Å². The zero-order valence-electron chi connectivity index (χ0n) is 12.0. The van der Waals surface area contributed by atoms with Crippen molar-refractivity contribution >= 4 is 11.6 Å². The summed E-state index contributed by atoms with van der Waals surface area (Å²) >= 11 is 0. The molecule has 0 spiro atoms. The van der Waals surface area contributed by atoms with Gasteiger partial charge in [0, 0.05) is 23.3 Å². The average molecular weight is 269 g/mol. The molecular weight excluding hydrogens is 250 g/mol. The summed E-state index contributed by atoms with van der Waals surface area (Å²) in [5.74, 6) is 1.89. The Hall–Kier alpha value is -1.91. The highest BCUT2D eigenvalue weighted by molar-refractivity contribution is 5.57. The lowest BCUT2D eigenvalue weighted by Gasteiger charge is -2.38. The largest absolute Gasteiger partial charge is 0.350 e. The number of hydrogen-bond acceptors (Lipinski definition) is 4. The quantitative estimate of drug-likeness (QED) is 0.746. The van der Waals surface area contributed by atoms with Crippen molar-refractivity contribution in [1.29, 1.82) is 0 Å². The van der Waals surface area contributed by atoms with Crippen LogP contribution in [0.5, 0.6) is 0 Å². The monoisotopic (exact) mass is 269 g/mol. The molecule has 2 aromatic heterocycles. The number of anilines is 1. The van der Waals surface area contributed by atoms with Gasteiger partial charge in [-0.05, 0) is 39.5 Å². The van der Waals surface area contributed by atoms with E-state index in [1.54, 1.807) is 6.33 Å². The summed E-state index contributed by atoms with van der Waals surface area (Å²) in [6.45, 7) is 8.40. The van der Waals surface area contributed by atoms with Crippen LogP contribution in [0.3, 0.4) is 0 Å². The molecule has 104 valence electrons. The third kappa shape index (κ3) is 1.52. The maximum Gasteiger partial charge on any atom is 0.254 e. The second-order valence-electron chi connectivity index (χ2n) is 6.07. The molecular formula is C15H19N5. The summed E-state index contributed by atoms with van der Waals surface area (Å²) in [5.41, 5.74) is 3.66. The van der Waals surface area contributed by atoms with Crippen LogP contribution in [0.4, 0.5) is 5.82 Å². The molecule has 2 saturated heterocycles. The van der Waals surface area contributed by atoms with E-state index in [0.29, 0.717) is 17.9 Å². The fourth-order valence-electron chi connectivity index (χ4n) is 3.78. The molecule has 0 amide bonds. The van der Waals surface area contributed by atoms with E-state index in [0.717, 1.165) is 18.5 Å². The van der Waals surface area contributed by atoms with Crippen LogP contribution in [-0.4, -0.2) is 31.7 Å². The lowest BCUT2D eigenvalue weighted by Crippen LogP contribution is -2.42. The van der Waals surface area contributed by atoms with Crippen molar-refractivity contribution in [2.24, 2.45) is 0 Å². The van der Waals surface area contributed by atoms with Crippen LogP contribution < -0.4 is 4.90 Å². The Balaban J connectivity index is 1.92. The summed E-state index contributed by atoms with van der Waals surface area (Å²) < 4.78 is 1.90. The molecule has 0 N–H and O–H groups in total. The molecule has 5 nitrogen and oxygen atoms in total. The van der Waals surface area contributed by atoms with Gasteiger partial charge in [-0.2, -0.15) is 14.6 Å². The van der Waals surface area contributed by atoms with E-state index < -0.39 is 0 Å². The Kier molecular flexibility index (Phi) is 2.40. The average Bonchev–Trinajstić information content (AvgIpc) is 2.95. The van der Waals surface area contributed by atoms with Crippen molar-refractivity contribution in [3.63, 3.8) is 0 Å². The normalized spacial score (nSPS) is 25.7. The Labute approximate surface area is 118 Å². The van der Waals surface area contributed by atoms with Gasteiger partial charge in [-0.3, -0.25) is 0 Å². The number of fused-ring (bicyclic) bond motifs is 3. The van der Waals surface area contributed by atoms with E-state index in [1.165, 1.54) is 29.8 Å². The number of aromatic nitrogens is 4. The smallest absolute Gasteiger partial charge is 0.254 e. The first kappa shape index (κ1) is 11.9. The van der Waals surface area contributed by atoms with Crippen LogP contribution in [0.15, 0.2) is 18.5 Å². The Morgan fingerprint density at radius 1 is 1.20 bits per heavy atom. The molecule has 0 aliphatic carbocycles. The van der Waals surface area contributed by atoms with Gasteiger partial charge in [0.1, 0.15) is 12.1 Å². The molecule has 2 unspecified atom stereocenters. The highest BCUT2D eigenvalue weighted by Crippen LogP contribution is 2.42. The van der Waals surface area contributed by atoms with E-state index in [1.807, 2.05) is 4.52 Å². The second-order valence-corrected chi connectivity index (χ2v) is 6.07. The van der Waals surface area contributed by atoms with Crippen LogP contribution in [0.25, 0.3) is 5.78 Å². The van der Waals surface area contributed by atoms with Crippen LogP contribution in [-0.2, 0) is 0 Å². The van der Waals surface area contributed by atoms with Crippen LogP contribution in [0.2, 0.25) is 0 Å². The Morgan fingerprint density at radius 2 is 1.90 bits per heavy atom. The number of hydrogen-bond donors (Lipinski definition) is 0. The molecule has 4 rings (SSSR count). The second kappa shape index (κ2) is 4.04. The van der Waals surface area contributed by atoms with Crippen LogP contribution >= 0.6 is 0 Å². The predicted octanol–water partition coefficient (Wildman–Crippen LogP) is 2.43. The summed E-state index contributed by atoms with van der Waals surface area (Å²) in [5, 5.41) is 4.39. The van der Waals surface area contributed by atoms with Gasteiger partial charge in [-0.15, -0.1) is 0 Å². The molecule has 2 aliphatic rings. The minimum atomic E-state index is 0.564. The van der Waals surface area contributed by atoms with Crippen molar-refractivity contribution < 1.29 is 0 Å². The molecule has 5 heteroatoms. The van der Waals surface area contributed by atoms with Crippen molar-refractivity contribution in [3.8, 4) is 0 Å². The first-order chi connectivity index (χ1) is 9.65. The lowest BCUT2D eigenvalue weighted by atomic mass is 9.97. The molecule has 20 heavy (non-hydrogen) atoms. The fourth-order valence-corrected chi connectivity index (χ4v) is 3.78. The maximum atomic E-state index is 4.52. The van der Waals surface area contributed by atoms with E-state index in [2.05, 4.69) is 40.4 Å². The number of rotatable bonds is 1. The molecule has 2 bridgehead atoms. The SMILES string of the molecule is C=C1CC2CCC(C1)N2c1c(C)c(C)nc2ncnn12. The molecule has 2 aliphatic heterocycles. The van der Waals surface area contributed by atoms with Crippen molar-refractivity contribution in [2.75, 3.05) is 4.90 Å². The van der Waals surface area contributed by atoms with Gasteiger partial charge in [0.2, 0.25) is 0 Å². The van der Waals surface area contributed by atoms with E-state index in [4.69, 9.17) is 0 Å².